The highest BCUT2D eigenvalue weighted by molar-refractivity contribution is 5.96. The molecule has 148 valence electrons. The average Bonchev–Trinajstić information content (AvgIpc) is 2.70. The Morgan fingerprint density at radius 2 is 1.57 bits per heavy atom. The van der Waals surface area contributed by atoms with Gasteiger partial charge in [-0.25, -0.2) is 4.79 Å². The molecule has 0 aliphatic heterocycles. The highest BCUT2D eigenvalue weighted by Crippen LogP contribution is 2.15. The highest BCUT2D eigenvalue weighted by atomic mass is 16.5. The molecule has 28 heavy (non-hydrogen) atoms. The van der Waals surface area contributed by atoms with Gasteiger partial charge >= 0.3 is 5.97 Å². The summed E-state index contributed by atoms with van der Waals surface area (Å²) in [6.07, 6.45) is -1.09. The third-order valence-electron chi connectivity index (χ3n) is 3.64. The van der Waals surface area contributed by atoms with Crippen LogP contribution in [0.2, 0.25) is 0 Å². The first-order chi connectivity index (χ1) is 13.4. The van der Waals surface area contributed by atoms with Crippen molar-refractivity contribution in [2.75, 3.05) is 6.61 Å². The van der Waals surface area contributed by atoms with Crippen molar-refractivity contribution in [1.29, 1.82) is 0 Å². The summed E-state index contributed by atoms with van der Waals surface area (Å²) >= 11 is 0. The molecule has 0 fully saturated rings. The molecule has 7 heteroatoms. The highest BCUT2D eigenvalue weighted by Gasteiger charge is 2.20. The number of amides is 2. The van der Waals surface area contributed by atoms with Crippen LogP contribution < -0.4 is 15.6 Å². The maximum atomic E-state index is 12.3. The van der Waals surface area contributed by atoms with E-state index in [1.165, 1.54) is 6.92 Å². The Hall–Kier alpha value is -3.35. The van der Waals surface area contributed by atoms with Gasteiger partial charge < -0.3 is 9.47 Å². The molecule has 2 amide bonds. The number of benzene rings is 2. The molecular weight excluding hydrogens is 360 g/mol. The van der Waals surface area contributed by atoms with Crippen molar-refractivity contribution in [2.45, 2.75) is 26.9 Å². The maximum Gasteiger partial charge on any atom is 0.339 e. The Bertz CT molecular complexity index is 821. The van der Waals surface area contributed by atoms with E-state index in [-0.39, 0.29) is 5.56 Å². The average molecular weight is 384 g/mol. The second-order valence-electron chi connectivity index (χ2n) is 6.59. The molecule has 0 saturated heterocycles. The molecule has 0 aliphatic carbocycles. The number of nitrogens with one attached hydrogen (secondary N) is 2. The van der Waals surface area contributed by atoms with E-state index in [0.29, 0.717) is 23.8 Å². The molecule has 0 heterocycles. The van der Waals surface area contributed by atoms with Crippen molar-refractivity contribution < 1.29 is 23.9 Å². The second kappa shape index (κ2) is 10.1. The molecule has 2 aromatic rings. The topological polar surface area (TPSA) is 93.7 Å². The predicted molar refractivity (Wildman–Crippen MR) is 104 cm³/mol. The summed E-state index contributed by atoms with van der Waals surface area (Å²) in [6, 6.07) is 15.0. The molecule has 0 radical (unpaired) electrons. The predicted octanol–water partition coefficient (Wildman–Crippen LogP) is 2.73. The molecule has 0 bridgehead atoms. The largest absolute Gasteiger partial charge is 0.493 e. The summed E-state index contributed by atoms with van der Waals surface area (Å²) in [6.45, 7) is 5.99. The third kappa shape index (κ3) is 6.42. The SMILES string of the molecule is CC(C)COc1cccc(C(=O)O[C@@H](C)C(=O)NNC(=O)c2ccccc2)c1. The van der Waals surface area contributed by atoms with Crippen LogP contribution >= 0.6 is 0 Å². The molecule has 7 nitrogen and oxygen atoms in total. The van der Waals surface area contributed by atoms with Gasteiger partial charge in [-0.15, -0.1) is 0 Å². The number of hydrazine groups is 1. The molecule has 0 unspecified atom stereocenters. The van der Waals surface area contributed by atoms with Gasteiger partial charge in [-0.05, 0) is 43.2 Å². The first-order valence-corrected chi connectivity index (χ1v) is 8.96. The molecular formula is C21H24N2O5. The van der Waals surface area contributed by atoms with Gasteiger partial charge in [-0.2, -0.15) is 0 Å². The lowest BCUT2D eigenvalue weighted by atomic mass is 10.2. The van der Waals surface area contributed by atoms with Crippen LogP contribution in [0.3, 0.4) is 0 Å². The summed E-state index contributed by atoms with van der Waals surface area (Å²) in [5.74, 6) is -0.875. The van der Waals surface area contributed by atoms with Gasteiger partial charge in [0.15, 0.2) is 6.10 Å². The fourth-order valence-electron chi connectivity index (χ4n) is 2.14. The van der Waals surface area contributed by atoms with Gasteiger partial charge in [0, 0.05) is 5.56 Å². The van der Waals surface area contributed by atoms with Crippen LogP contribution in [0, 0.1) is 5.92 Å². The molecule has 2 N–H and O–H groups in total. The Morgan fingerprint density at radius 1 is 0.893 bits per heavy atom. The van der Waals surface area contributed by atoms with Crippen LogP contribution in [0.15, 0.2) is 54.6 Å². The zero-order chi connectivity index (χ0) is 20.5. The van der Waals surface area contributed by atoms with Crippen LogP contribution in [0.5, 0.6) is 5.75 Å². The monoisotopic (exact) mass is 384 g/mol. The minimum absolute atomic E-state index is 0.272. The Balaban J connectivity index is 1.86. The minimum atomic E-state index is -1.09. The standard InChI is InChI=1S/C21H24N2O5/c1-14(2)13-27-18-11-7-10-17(12-18)21(26)28-15(3)19(24)22-23-20(25)16-8-5-4-6-9-16/h4-12,14-15H,13H2,1-3H3,(H,22,24)(H,23,25)/t15-/m0/s1. The Labute approximate surface area is 164 Å². The first-order valence-electron chi connectivity index (χ1n) is 8.96. The Kier molecular flexibility index (Phi) is 7.56. The number of hydrogen-bond donors (Lipinski definition) is 2. The van der Waals surface area contributed by atoms with Gasteiger partial charge in [-0.3, -0.25) is 20.4 Å². The Morgan fingerprint density at radius 3 is 2.25 bits per heavy atom. The smallest absolute Gasteiger partial charge is 0.339 e. The van der Waals surface area contributed by atoms with Gasteiger partial charge in [0.05, 0.1) is 12.2 Å². The lowest BCUT2D eigenvalue weighted by Crippen LogP contribution is -2.46. The van der Waals surface area contributed by atoms with E-state index in [1.807, 2.05) is 13.8 Å². The number of hydrogen-bond acceptors (Lipinski definition) is 5. The van der Waals surface area contributed by atoms with Crippen molar-refractivity contribution >= 4 is 17.8 Å². The summed E-state index contributed by atoms with van der Waals surface area (Å²) in [7, 11) is 0. The number of carbonyl (C=O) groups excluding carboxylic acids is 3. The third-order valence-corrected chi connectivity index (χ3v) is 3.64. The van der Waals surface area contributed by atoms with E-state index < -0.39 is 23.9 Å². The van der Waals surface area contributed by atoms with Crippen LogP contribution in [-0.4, -0.2) is 30.5 Å². The molecule has 0 aliphatic rings. The zero-order valence-electron chi connectivity index (χ0n) is 16.1. The van der Waals surface area contributed by atoms with Gasteiger partial charge in [-0.1, -0.05) is 38.1 Å². The molecule has 0 spiro atoms. The van der Waals surface area contributed by atoms with Crippen molar-refractivity contribution in [3.05, 3.63) is 65.7 Å². The maximum absolute atomic E-state index is 12.3. The number of carbonyl (C=O) groups is 3. The normalized spacial score (nSPS) is 11.4. The number of ether oxygens (including phenoxy) is 2. The first kappa shape index (κ1) is 21.0. The molecule has 2 rings (SSSR count). The van der Waals surface area contributed by atoms with Gasteiger partial charge in [0.1, 0.15) is 5.75 Å². The van der Waals surface area contributed by atoms with E-state index >= 15 is 0 Å². The van der Waals surface area contributed by atoms with Crippen molar-refractivity contribution in [1.82, 2.24) is 10.9 Å². The fraction of sp³-hybridized carbons (Fsp3) is 0.286. The summed E-state index contributed by atoms with van der Waals surface area (Å²) in [5.41, 5.74) is 5.19. The van der Waals surface area contributed by atoms with Crippen LogP contribution in [0.4, 0.5) is 0 Å². The molecule has 1 atom stereocenters. The van der Waals surface area contributed by atoms with E-state index in [1.54, 1.807) is 54.6 Å². The zero-order valence-corrected chi connectivity index (χ0v) is 16.1. The number of esters is 1. The second-order valence-corrected chi connectivity index (χ2v) is 6.59. The van der Waals surface area contributed by atoms with E-state index in [2.05, 4.69) is 10.9 Å². The number of rotatable bonds is 7. The van der Waals surface area contributed by atoms with E-state index in [4.69, 9.17) is 9.47 Å². The lowest BCUT2D eigenvalue weighted by molar-refractivity contribution is -0.129. The quantitative estimate of drug-likeness (QED) is 0.565. The van der Waals surface area contributed by atoms with Crippen LogP contribution in [-0.2, 0) is 9.53 Å². The molecule has 2 aromatic carbocycles. The van der Waals surface area contributed by atoms with E-state index in [9.17, 15) is 14.4 Å². The van der Waals surface area contributed by atoms with Crippen molar-refractivity contribution in [2.24, 2.45) is 5.92 Å². The van der Waals surface area contributed by atoms with Gasteiger partial charge in [0.25, 0.3) is 11.8 Å². The van der Waals surface area contributed by atoms with Gasteiger partial charge in [0.2, 0.25) is 0 Å². The molecule has 0 aromatic heterocycles. The molecule has 0 saturated carbocycles. The lowest BCUT2D eigenvalue weighted by Gasteiger charge is -2.14. The summed E-state index contributed by atoms with van der Waals surface area (Å²) < 4.78 is 10.7. The van der Waals surface area contributed by atoms with Crippen molar-refractivity contribution in [3.63, 3.8) is 0 Å². The minimum Gasteiger partial charge on any atom is -0.493 e. The summed E-state index contributed by atoms with van der Waals surface area (Å²) in [5, 5.41) is 0. The van der Waals surface area contributed by atoms with E-state index in [0.717, 1.165) is 0 Å². The van der Waals surface area contributed by atoms with Crippen molar-refractivity contribution in [3.8, 4) is 5.75 Å². The summed E-state index contributed by atoms with van der Waals surface area (Å²) in [4.78, 5) is 36.2. The van der Waals surface area contributed by atoms with Crippen LogP contribution in [0.1, 0.15) is 41.5 Å². The van der Waals surface area contributed by atoms with Crippen LogP contribution in [0.25, 0.3) is 0 Å². The fourth-order valence-corrected chi connectivity index (χ4v) is 2.14.